The Morgan fingerprint density at radius 2 is 2.17 bits per heavy atom. The van der Waals surface area contributed by atoms with Crippen LogP contribution in [0.1, 0.15) is 23.7 Å². The van der Waals surface area contributed by atoms with E-state index < -0.39 is 0 Å². The van der Waals surface area contributed by atoms with Crippen LogP contribution in [0.4, 0.5) is 0 Å². The number of fused-ring (bicyclic) bond motifs is 1. The average molecular weight is 329 g/mol. The predicted octanol–water partition coefficient (Wildman–Crippen LogP) is 3.20. The normalized spacial score (nSPS) is 12.7. The van der Waals surface area contributed by atoms with E-state index in [1.807, 2.05) is 42.3 Å². The van der Waals surface area contributed by atoms with Crippen molar-refractivity contribution in [2.24, 2.45) is 0 Å². The summed E-state index contributed by atoms with van der Waals surface area (Å²) >= 11 is 1.67. The van der Waals surface area contributed by atoms with E-state index in [9.17, 15) is 4.79 Å². The fourth-order valence-corrected chi connectivity index (χ4v) is 3.36. The molecule has 2 aromatic heterocycles. The van der Waals surface area contributed by atoms with Gasteiger partial charge in [-0.3, -0.25) is 9.69 Å². The van der Waals surface area contributed by atoms with Crippen molar-refractivity contribution in [1.29, 1.82) is 0 Å². The Kier molecular flexibility index (Phi) is 4.73. The van der Waals surface area contributed by atoms with Gasteiger partial charge in [0.15, 0.2) is 0 Å². The second kappa shape index (κ2) is 6.93. The molecule has 0 aliphatic rings. The van der Waals surface area contributed by atoms with Gasteiger partial charge in [-0.15, -0.1) is 11.3 Å². The number of carbonyl (C=O) groups is 1. The summed E-state index contributed by atoms with van der Waals surface area (Å²) in [7, 11) is 1.93. The van der Waals surface area contributed by atoms with Gasteiger partial charge in [-0.2, -0.15) is 0 Å². The number of aromatic nitrogens is 1. The van der Waals surface area contributed by atoms with Crippen molar-refractivity contribution < 1.29 is 9.21 Å². The van der Waals surface area contributed by atoms with Crippen LogP contribution in [0.2, 0.25) is 0 Å². The third-order valence-corrected chi connectivity index (χ3v) is 4.97. The highest BCUT2D eigenvalue weighted by molar-refractivity contribution is 7.18. The molecule has 120 valence electrons. The van der Waals surface area contributed by atoms with Crippen molar-refractivity contribution in [2.75, 3.05) is 13.6 Å². The first-order chi connectivity index (χ1) is 11.1. The third-order valence-electron chi connectivity index (χ3n) is 3.76. The molecule has 1 N–H and O–H groups in total. The smallest absolute Gasteiger partial charge is 0.234 e. The molecule has 3 rings (SSSR count). The SMILES string of the molecule is C[C@@H](c1nc2ccccc2s1)N(C)CC(=O)NCc1ccco1. The van der Waals surface area contributed by atoms with E-state index in [4.69, 9.17) is 4.42 Å². The van der Waals surface area contributed by atoms with Crippen LogP contribution < -0.4 is 5.32 Å². The summed E-state index contributed by atoms with van der Waals surface area (Å²) < 4.78 is 6.37. The summed E-state index contributed by atoms with van der Waals surface area (Å²) in [6.07, 6.45) is 1.60. The van der Waals surface area contributed by atoms with Crippen LogP contribution in [0.5, 0.6) is 0 Å². The number of para-hydroxylation sites is 1. The Hall–Kier alpha value is -2.18. The minimum Gasteiger partial charge on any atom is -0.467 e. The van der Waals surface area contributed by atoms with Crippen molar-refractivity contribution in [3.8, 4) is 0 Å². The molecule has 3 aromatic rings. The molecule has 0 radical (unpaired) electrons. The lowest BCUT2D eigenvalue weighted by atomic mass is 10.3. The number of rotatable bonds is 6. The minimum atomic E-state index is -0.0307. The number of hydrogen-bond acceptors (Lipinski definition) is 5. The highest BCUT2D eigenvalue weighted by Gasteiger charge is 2.18. The Balaban J connectivity index is 1.58. The Morgan fingerprint density at radius 3 is 2.91 bits per heavy atom. The van der Waals surface area contributed by atoms with E-state index in [0.717, 1.165) is 16.3 Å². The van der Waals surface area contributed by atoms with Crippen LogP contribution >= 0.6 is 11.3 Å². The number of amides is 1. The summed E-state index contributed by atoms with van der Waals surface area (Å²) in [5, 5.41) is 3.88. The second-order valence-electron chi connectivity index (χ2n) is 5.47. The maximum Gasteiger partial charge on any atom is 0.234 e. The lowest BCUT2D eigenvalue weighted by molar-refractivity contribution is -0.122. The molecule has 1 atom stereocenters. The zero-order valence-electron chi connectivity index (χ0n) is 13.2. The van der Waals surface area contributed by atoms with Gasteiger partial charge in [0, 0.05) is 0 Å². The zero-order valence-corrected chi connectivity index (χ0v) is 14.0. The van der Waals surface area contributed by atoms with Crippen LogP contribution in [0, 0.1) is 0 Å². The van der Waals surface area contributed by atoms with Gasteiger partial charge < -0.3 is 9.73 Å². The molecule has 0 aliphatic carbocycles. The molecular weight excluding hydrogens is 310 g/mol. The summed E-state index contributed by atoms with van der Waals surface area (Å²) in [5.74, 6) is 0.720. The number of benzene rings is 1. The van der Waals surface area contributed by atoms with Crippen molar-refractivity contribution in [2.45, 2.75) is 19.5 Å². The second-order valence-corrected chi connectivity index (χ2v) is 6.53. The van der Waals surface area contributed by atoms with E-state index in [2.05, 4.69) is 23.3 Å². The number of hydrogen-bond donors (Lipinski definition) is 1. The van der Waals surface area contributed by atoms with Gasteiger partial charge >= 0.3 is 0 Å². The first-order valence-electron chi connectivity index (χ1n) is 7.48. The largest absolute Gasteiger partial charge is 0.467 e. The van der Waals surface area contributed by atoms with Crippen LogP contribution in [0.3, 0.4) is 0 Å². The van der Waals surface area contributed by atoms with Gasteiger partial charge in [-0.05, 0) is 38.2 Å². The highest BCUT2D eigenvalue weighted by Crippen LogP contribution is 2.28. The number of furan rings is 1. The molecule has 23 heavy (non-hydrogen) atoms. The van der Waals surface area contributed by atoms with Crippen molar-refractivity contribution in [3.05, 3.63) is 53.4 Å². The van der Waals surface area contributed by atoms with E-state index in [0.29, 0.717) is 13.1 Å². The standard InChI is InChI=1S/C17H19N3O2S/c1-12(17-19-14-7-3-4-8-15(14)23-17)20(2)11-16(21)18-10-13-6-5-9-22-13/h3-9,12H,10-11H2,1-2H3,(H,18,21)/t12-/m0/s1. The van der Waals surface area contributed by atoms with Gasteiger partial charge in [-0.1, -0.05) is 12.1 Å². The molecule has 0 saturated carbocycles. The Morgan fingerprint density at radius 1 is 1.35 bits per heavy atom. The molecule has 1 aromatic carbocycles. The van der Waals surface area contributed by atoms with E-state index in [-0.39, 0.29) is 11.9 Å². The fraction of sp³-hybridized carbons (Fsp3) is 0.294. The summed E-state index contributed by atoms with van der Waals surface area (Å²) in [4.78, 5) is 18.7. The van der Waals surface area contributed by atoms with Gasteiger partial charge in [0.05, 0.1) is 35.6 Å². The fourth-order valence-electron chi connectivity index (χ4n) is 2.28. The molecule has 0 fully saturated rings. The van der Waals surface area contributed by atoms with Crippen LogP contribution in [0.25, 0.3) is 10.2 Å². The topological polar surface area (TPSA) is 58.4 Å². The number of carbonyl (C=O) groups excluding carboxylic acids is 1. The van der Waals surface area contributed by atoms with Gasteiger partial charge in [0.2, 0.25) is 5.91 Å². The highest BCUT2D eigenvalue weighted by atomic mass is 32.1. The van der Waals surface area contributed by atoms with Crippen molar-refractivity contribution in [1.82, 2.24) is 15.2 Å². The summed E-state index contributed by atoms with van der Waals surface area (Å²) in [5.41, 5.74) is 1.01. The minimum absolute atomic E-state index is 0.0307. The predicted molar refractivity (Wildman–Crippen MR) is 91.2 cm³/mol. The first kappa shape index (κ1) is 15.7. The molecule has 6 heteroatoms. The van der Waals surface area contributed by atoms with Gasteiger partial charge in [-0.25, -0.2) is 4.98 Å². The first-order valence-corrected chi connectivity index (χ1v) is 8.30. The van der Waals surface area contributed by atoms with Crippen molar-refractivity contribution in [3.63, 3.8) is 0 Å². The zero-order chi connectivity index (χ0) is 16.2. The summed E-state index contributed by atoms with van der Waals surface area (Å²) in [6, 6.07) is 11.8. The lowest BCUT2D eigenvalue weighted by Gasteiger charge is -2.22. The molecule has 0 saturated heterocycles. The quantitative estimate of drug-likeness (QED) is 0.754. The molecule has 0 unspecified atom stereocenters. The van der Waals surface area contributed by atoms with E-state index >= 15 is 0 Å². The van der Waals surface area contributed by atoms with Crippen LogP contribution in [0.15, 0.2) is 47.1 Å². The third kappa shape index (κ3) is 3.78. The average Bonchev–Trinajstić information content (AvgIpc) is 3.21. The molecule has 0 spiro atoms. The van der Waals surface area contributed by atoms with Crippen LogP contribution in [-0.2, 0) is 11.3 Å². The number of likely N-dealkylation sites (N-methyl/N-ethyl adjacent to an activating group) is 1. The molecule has 5 nitrogen and oxygen atoms in total. The van der Waals surface area contributed by atoms with Gasteiger partial charge in [0.25, 0.3) is 0 Å². The number of thiazole rings is 1. The Labute approximate surface area is 138 Å². The molecule has 0 bridgehead atoms. The number of nitrogens with zero attached hydrogens (tertiary/aromatic N) is 2. The van der Waals surface area contributed by atoms with Crippen molar-refractivity contribution >= 4 is 27.5 Å². The maximum absolute atomic E-state index is 12.0. The van der Waals surface area contributed by atoms with Crippen LogP contribution in [-0.4, -0.2) is 29.4 Å². The van der Waals surface area contributed by atoms with E-state index in [1.54, 1.807) is 17.6 Å². The summed E-state index contributed by atoms with van der Waals surface area (Å²) in [6.45, 7) is 2.80. The monoisotopic (exact) mass is 329 g/mol. The molecule has 1 amide bonds. The maximum atomic E-state index is 12.0. The lowest BCUT2D eigenvalue weighted by Crippen LogP contribution is -2.36. The molecule has 2 heterocycles. The molecular formula is C17H19N3O2S. The molecule has 0 aliphatic heterocycles. The Bertz CT molecular complexity index is 749. The van der Waals surface area contributed by atoms with E-state index in [1.165, 1.54) is 4.70 Å². The number of nitrogens with one attached hydrogen (secondary N) is 1. The van der Waals surface area contributed by atoms with Gasteiger partial charge in [0.1, 0.15) is 10.8 Å².